The summed E-state index contributed by atoms with van der Waals surface area (Å²) in [5.41, 5.74) is 3.02. The van der Waals surface area contributed by atoms with E-state index in [0.29, 0.717) is 22.5 Å². The van der Waals surface area contributed by atoms with Crippen LogP contribution in [0.5, 0.6) is 0 Å². The molecule has 1 saturated carbocycles. The largest absolute Gasteiger partial charge is 0.341 e. The molecule has 4 aromatic carbocycles. The first-order valence-corrected chi connectivity index (χ1v) is 14.7. The maximum absolute atomic E-state index is 14.3. The Morgan fingerprint density at radius 1 is 0.897 bits per heavy atom. The molecule has 5 heteroatoms. The molecule has 1 heterocycles. The lowest BCUT2D eigenvalue weighted by molar-refractivity contribution is -0.133. The zero-order valence-corrected chi connectivity index (χ0v) is 23.8. The van der Waals surface area contributed by atoms with E-state index in [1.54, 1.807) is 0 Å². The maximum atomic E-state index is 14.3. The van der Waals surface area contributed by atoms with E-state index in [2.05, 4.69) is 77.7 Å². The number of likely N-dealkylation sites (N-methyl/N-ethyl adjacent to an activating group) is 1. The van der Waals surface area contributed by atoms with Crippen LogP contribution in [0.3, 0.4) is 0 Å². The van der Waals surface area contributed by atoms with Crippen LogP contribution in [0.25, 0.3) is 10.8 Å². The van der Waals surface area contributed by atoms with Crippen LogP contribution in [0.4, 0.5) is 0 Å². The van der Waals surface area contributed by atoms with Gasteiger partial charge in [-0.05, 0) is 83.8 Å². The van der Waals surface area contributed by atoms with Crippen molar-refractivity contribution in [2.45, 2.75) is 37.1 Å². The smallest absolute Gasteiger partial charge is 0.233 e. The van der Waals surface area contributed by atoms with Crippen LogP contribution in [0, 0.1) is 5.92 Å². The van der Waals surface area contributed by atoms with Gasteiger partial charge < -0.3 is 9.80 Å². The number of nitrogens with zero attached hydrogens (tertiary/aromatic N) is 2. The summed E-state index contributed by atoms with van der Waals surface area (Å²) in [6.45, 7) is 3.62. The van der Waals surface area contributed by atoms with Crippen molar-refractivity contribution in [1.82, 2.24) is 9.80 Å². The summed E-state index contributed by atoms with van der Waals surface area (Å²) in [5, 5.41) is 3.41. The summed E-state index contributed by atoms with van der Waals surface area (Å²) in [5.74, 6) is 1.04. The van der Waals surface area contributed by atoms with Crippen LogP contribution < -0.4 is 0 Å². The highest BCUT2D eigenvalue weighted by atomic mass is 35.5. The maximum Gasteiger partial charge on any atom is 0.233 e. The van der Waals surface area contributed by atoms with Crippen LogP contribution in [0.2, 0.25) is 10.0 Å². The van der Waals surface area contributed by atoms with E-state index in [1.165, 1.54) is 16.3 Å². The molecule has 0 N–H and O–H groups in total. The molecule has 2 unspecified atom stereocenters. The van der Waals surface area contributed by atoms with E-state index in [-0.39, 0.29) is 11.8 Å². The van der Waals surface area contributed by atoms with Crippen LogP contribution in [0.15, 0.2) is 91.0 Å². The van der Waals surface area contributed by atoms with Crippen molar-refractivity contribution in [3.05, 3.63) is 118 Å². The van der Waals surface area contributed by atoms with E-state index < -0.39 is 5.41 Å². The van der Waals surface area contributed by atoms with Crippen molar-refractivity contribution in [2.75, 3.05) is 26.7 Å². The Morgan fingerprint density at radius 2 is 1.62 bits per heavy atom. The fourth-order valence-electron chi connectivity index (χ4n) is 6.65. The molecular weight excluding hydrogens is 523 g/mol. The predicted octanol–water partition coefficient (Wildman–Crippen LogP) is 7.94. The number of halogens is 2. The van der Waals surface area contributed by atoms with E-state index in [9.17, 15) is 4.79 Å². The van der Waals surface area contributed by atoms with Gasteiger partial charge in [0.05, 0.1) is 15.5 Å². The molecule has 39 heavy (non-hydrogen) atoms. The van der Waals surface area contributed by atoms with Crippen molar-refractivity contribution < 1.29 is 4.79 Å². The summed E-state index contributed by atoms with van der Waals surface area (Å²) < 4.78 is 0. The van der Waals surface area contributed by atoms with Gasteiger partial charge in [-0.3, -0.25) is 4.79 Å². The number of amides is 1. The molecule has 0 radical (unpaired) electrons. The lowest BCUT2D eigenvalue weighted by Gasteiger charge is -2.33. The molecule has 0 aromatic heterocycles. The molecule has 2 fully saturated rings. The zero-order valence-electron chi connectivity index (χ0n) is 22.3. The van der Waals surface area contributed by atoms with Gasteiger partial charge in [-0.2, -0.15) is 0 Å². The van der Waals surface area contributed by atoms with E-state index >= 15 is 0 Å². The SMILES string of the molecule is CN(Cc1cccc2ccccc12)C(=O)C1(c2ccc(Cl)c(Cl)c2)CC1CN1CCC(c2ccccc2)CC1. The third kappa shape index (κ3) is 5.20. The Morgan fingerprint density at radius 3 is 2.38 bits per heavy atom. The number of piperidine rings is 1. The molecule has 1 amide bonds. The minimum Gasteiger partial charge on any atom is -0.341 e. The first-order chi connectivity index (χ1) is 19.0. The predicted molar refractivity (Wildman–Crippen MR) is 162 cm³/mol. The Bertz CT molecular complexity index is 1480. The van der Waals surface area contributed by atoms with Gasteiger partial charge in [0.25, 0.3) is 0 Å². The molecular formula is C34H34Cl2N2O. The van der Waals surface area contributed by atoms with Crippen LogP contribution in [0.1, 0.15) is 41.9 Å². The van der Waals surface area contributed by atoms with Crippen LogP contribution >= 0.6 is 23.2 Å². The van der Waals surface area contributed by atoms with E-state index in [0.717, 1.165) is 50.0 Å². The Hall–Kier alpha value is -2.85. The highest BCUT2D eigenvalue weighted by Gasteiger charge is 2.62. The van der Waals surface area contributed by atoms with Gasteiger partial charge in [0.1, 0.15) is 0 Å². The summed E-state index contributed by atoms with van der Waals surface area (Å²) in [6.07, 6.45) is 3.15. The normalized spacial score (nSPS) is 21.7. The van der Waals surface area contributed by atoms with Crippen molar-refractivity contribution in [3.63, 3.8) is 0 Å². The molecule has 6 rings (SSSR count). The molecule has 3 nitrogen and oxygen atoms in total. The van der Waals surface area contributed by atoms with Gasteiger partial charge in [-0.1, -0.05) is 102 Å². The first-order valence-electron chi connectivity index (χ1n) is 13.9. The van der Waals surface area contributed by atoms with Gasteiger partial charge in [0.2, 0.25) is 5.91 Å². The number of likely N-dealkylation sites (tertiary alicyclic amines) is 1. The lowest BCUT2D eigenvalue weighted by Crippen LogP contribution is -2.40. The van der Waals surface area contributed by atoms with Crippen molar-refractivity contribution in [3.8, 4) is 0 Å². The standard InChI is InChI=1S/C34H34Cl2N2O/c1-37(22-27-12-7-11-26-10-5-6-13-30(26)27)33(39)34(28-14-15-31(35)32(36)20-28)21-29(34)23-38-18-16-25(17-19-38)24-8-3-2-4-9-24/h2-15,20,25,29H,16-19,21-23H2,1H3. The quantitative estimate of drug-likeness (QED) is 0.230. The lowest BCUT2D eigenvalue weighted by atomic mass is 9.88. The fraction of sp³-hybridized carbons (Fsp3) is 0.324. The highest BCUT2D eigenvalue weighted by molar-refractivity contribution is 6.42. The fourth-order valence-corrected chi connectivity index (χ4v) is 6.94. The van der Waals surface area contributed by atoms with Gasteiger partial charge in [0.15, 0.2) is 0 Å². The number of fused-ring (bicyclic) bond motifs is 1. The highest BCUT2D eigenvalue weighted by Crippen LogP contribution is 2.56. The molecule has 200 valence electrons. The molecule has 2 aliphatic rings. The van der Waals surface area contributed by atoms with Crippen molar-refractivity contribution in [1.29, 1.82) is 0 Å². The summed E-state index contributed by atoms with van der Waals surface area (Å²) in [7, 11) is 1.93. The first kappa shape index (κ1) is 26.4. The summed E-state index contributed by atoms with van der Waals surface area (Å²) in [6, 6.07) is 31.3. The van der Waals surface area contributed by atoms with E-state index in [4.69, 9.17) is 23.2 Å². The molecule has 2 atom stereocenters. The minimum atomic E-state index is -0.566. The zero-order chi connectivity index (χ0) is 27.0. The number of hydrogen-bond acceptors (Lipinski definition) is 2. The number of benzene rings is 4. The topological polar surface area (TPSA) is 23.6 Å². The van der Waals surface area contributed by atoms with E-state index in [1.807, 2.05) is 30.1 Å². The number of hydrogen-bond donors (Lipinski definition) is 0. The average molecular weight is 558 g/mol. The number of carbonyl (C=O) groups excluding carboxylic acids is 1. The molecule has 1 aliphatic carbocycles. The number of rotatable bonds is 7. The van der Waals surface area contributed by atoms with Crippen LogP contribution in [-0.4, -0.2) is 42.4 Å². The Balaban J connectivity index is 1.21. The Kier molecular flexibility index (Phi) is 7.41. The van der Waals surface area contributed by atoms with Crippen molar-refractivity contribution >= 4 is 39.9 Å². The van der Waals surface area contributed by atoms with Gasteiger partial charge in [0, 0.05) is 20.1 Å². The van der Waals surface area contributed by atoms with Gasteiger partial charge in [-0.25, -0.2) is 0 Å². The molecule has 1 saturated heterocycles. The van der Waals surface area contributed by atoms with Gasteiger partial charge >= 0.3 is 0 Å². The molecule has 1 aliphatic heterocycles. The average Bonchev–Trinajstić information content (AvgIpc) is 3.69. The van der Waals surface area contributed by atoms with Gasteiger partial charge in [-0.15, -0.1) is 0 Å². The van der Waals surface area contributed by atoms with Crippen LogP contribution in [-0.2, 0) is 16.8 Å². The minimum absolute atomic E-state index is 0.165. The third-order valence-electron chi connectivity index (χ3n) is 8.89. The van der Waals surface area contributed by atoms with Crippen molar-refractivity contribution in [2.24, 2.45) is 5.92 Å². The molecule has 0 bridgehead atoms. The third-order valence-corrected chi connectivity index (χ3v) is 9.63. The molecule has 4 aromatic rings. The second-order valence-corrected chi connectivity index (χ2v) is 12.1. The second-order valence-electron chi connectivity index (χ2n) is 11.3. The molecule has 0 spiro atoms. The Labute approximate surface area is 241 Å². The second kappa shape index (κ2) is 11.0. The summed E-state index contributed by atoms with van der Waals surface area (Å²) in [4.78, 5) is 18.8. The monoisotopic (exact) mass is 556 g/mol. The number of carbonyl (C=O) groups is 1. The summed E-state index contributed by atoms with van der Waals surface area (Å²) >= 11 is 12.8.